The first-order valence-electron chi connectivity index (χ1n) is 11.3. The lowest BCUT2D eigenvalue weighted by Crippen LogP contribution is -2.30. The minimum atomic E-state index is -0.182. The first-order chi connectivity index (χ1) is 15.1. The summed E-state index contributed by atoms with van der Waals surface area (Å²) in [6.45, 7) is 0. The van der Waals surface area contributed by atoms with Crippen LogP contribution in [0.25, 0.3) is 11.0 Å². The van der Waals surface area contributed by atoms with Crippen LogP contribution in [0.1, 0.15) is 60.9 Å². The molecule has 0 saturated heterocycles. The number of halogens is 1. The molecule has 0 aliphatic heterocycles. The predicted molar refractivity (Wildman–Crippen MR) is 122 cm³/mol. The van der Waals surface area contributed by atoms with Gasteiger partial charge in [0.2, 0.25) is 0 Å². The number of fused-ring (bicyclic) bond motifs is 1. The van der Waals surface area contributed by atoms with Gasteiger partial charge in [0.25, 0.3) is 0 Å². The van der Waals surface area contributed by atoms with E-state index in [-0.39, 0.29) is 16.9 Å². The van der Waals surface area contributed by atoms with Crippen LogP contribution in [0.15, 0.2) is 59.5 Å². The molecule has 0 bridgehead atoms. The number of aromatic amines is 3. The second-order valence-corrected chi connectivity index (χ2v) is 8.88. The summed E-state index contributed by atoms with van der Waals surface area (Å²) in [5.41, 5.74) is 6.58. The van der Waals surface area contributed by atoms with Gasteiger partial charge in [-0.3, -0.25) is 0 Å². The Morgan fingerprint density at radius 1 is 0.839 bits per heavy atom. The van der Waals surface area contributed by atoms with Crippen molar-refractivity contribution in [1.29, 1.82) is 0 Å². The van der Waals surface area contributed by atoms with Gasteiger partial charge in [-0.05, 0) is 79.1 Å². The molecular formula is C26H28FN3O. The molecule has 0 spiro atoms. The van der Waals surface area contributed by atoms with Gasteiger partial charge in [-0.1, -0.05) is 37.5 Å². The molecule has 1 aliphatic rings. The fourth-order valence-electron chi connectivity index (χ4n) is 5.21. The van der Waals surface area contributed by atoms with E-state index in [0.29, 0.717) is 0 Å². The molecule has 2 heterocycles. The zero-order chi connectivity index (χ0) is 21.3. The van der Waals surface area contributed by atoms with Crippen molar-refractivity contribution in [2.45, 2.75) is 56.8 Å². The highest BCUT2D eigenvalue weighted by molar-refractivity contribution is 5.75. The molecule has 2 aromatic heterocycles. The zero-order valence-corrected chi connectivity index (χ0v) is 17.6. The summed E-state index contributed by atoms with van der Waals surface area (Å²) >= 11 is 0. The zero-order valence-electron chi connectivity index (χ0n) is 17.6. The molecule has 0 amide bonds. The van der Waals surface area contributed by atoms with Gasteiger partial charge in [-0.25, -0.2) is 9.18 Å². The van der Waals surface area contributed by atoms with Crippen LogP contribution >= 0.6 is 0 Å². The topological polar surface area (TPSA) is 64.4 Å². The Hall–Kier alpha value is -3.08. The lowest BCUT2D eigenvalue weighted by molar-refractivity contribution is 0.340. The van der Waals surface area contributed by atoms with Gasteiger partial charge in [0.1, 0.15) is 5.82 Å². The maximum atomic E-state index is 13.1. The van der Waals surface area contributed by atoms with Crippen molar-refractivity contribution in [3.05, 3.63) is 93.4 Å². The molecule has 2 aromatic carbocycles. The van der Waals surface area contributed by atoms with E-state index >= 15 is 0 Å². The number of aromatic nitrogens is 3. The lowest BCUT2D eigenvalue weighted by Gasteiger charge is -2.37. The van der Waals surface area contributed by atoms with Crippen LogP contribution in [0, 0.1) is 5.82 Å². The SMILES string of the molecule is O=c1[nH]c2ccc(C3(c4cc(CCCc5ccc(F)cc5)c[nH]4)CCCCC3)cc2[nH]1. The molecule has 0 unspecified atom stereocenters. The standard InChI is InChI=1S/C26H28FN3O/c27-21-10-7-18(8-11-21)5-4-6-19-15-24(28-17-19)26(13-2-1-3-14-26)20-9-12-22-23(16-20)30-25(31)29-22/h7-12,15-17,28H,1-6,13-14H2,(H2,29,30,31). The molecule has 1 aliphatic carbocycles. The number of rotatable bonds is 6. The molecular weight excluding hydrogens is 389 g/mol. The number of nitrogens with one attached hydrogen (secondary N) is 3. The number of hydrogen-bond donors (Lipinski definition) is 3. The van der Waals surface area contributed by atoms with E-state index in [4.69, 9.17) is 0 Å². The molecule has 4 aromatic rings. The van der Waals surface area contributed by atoms with Crippen molar-refractivity contribution >= 4 is 11.0 Å². The average molecular weight is 418 g/mol. The van der Waals surface area contributed by atoms with E-state index in [1.54, 1.807) is 0 Å². The first-order valence-corrected chi connectivity index (χ1v) is 11.3. The summed E-state index contributed by atoms with van der Waals surface area (Å²) < 4.78 is 13.1. The fourth-order valence-corrected chi connectivity index (χ4v) is 5.21. The molecule has 5 rings (SSSR count). The van der Waals surface area contributed by atoms with Gasteiger partial charge >= 0.3 is 5.69 Å². The minimum Gasteiger partial charge on any atom is -0.364 e. The minimum absolute atomic E-state index is 0.0319. The van der Waals surface area contributed by atoms with E-state index in [2.05, 4.69) is 39.3 Å². The van der Waals surface area contributed by atoms with Crippen LogP contribution in [-0.4, -0.2) is 15.0 Å². The summed E-state index contributed by atoms with van der Waals surface area (Å²) in [6, 6.07) is 15.5. The van der Waals surface area contributed by atoms with E-state index < -0.39 is 0 Å². The molecule has 4 nitrogen and oxygen atoms in total. The fraction of sp³-hybridized carbons (Fsp3) is 0.346. The van der Waals surface area contributed by atoms with E-state index in [1.165, 1.54) is 53.8 Å². The third-order valence-electron chi connectivity index (χ3n) is 6.88. The Morgan fingerprint density at radius 3 is 2.39 bits per heavy atom. The molecule has 1 saturated carbocycles. The summed E-state index contributed by atoms with van der Waals surface area (Å²) in [7, 11) is 0. The van der Waals surface area contributed by atoms with Crippen LogP contribution in [0.2, 0.25) is 0 Å². The van der Waals surface area contributed by atoms with Gasteiger partial charge in [0.05, 0.1) is 11.0 Å². The smallest absolute Gasteiger partial charge is 0.323 e. The van der Waals surface area contributed by atoms with Crippen LogP contribution in [0.5, 0.6) is 0 Å². The maximum Gasteiger partial charge on any atom is 0.323 e. The summed E-state index contributed by atoms with van der Waals surface area (Å²) in [4.78, 5) is 21.1. The summed E-state index contributed by atoms with van der Waals surface area (Å²) in [6.07, 6.45) is 11.0. The second-order valence-electron chi connectivity index (χ2n) is 8.88. The molecule has 1 fully saturated rings. The van der Waals surface area contributed by atoms with Crippen LogP contribution in [-0.2, 0) is 18.3 Å². The second kappa shape index (κ2) is 8.22. The summed E-state index contributed by atoms with van der Waals surface area (Å²) in [5.74, 6) is -0.182. The van der Waals surface area contributed by atoms with Gasteiger partial charge in [0, 0.05) is 17.3 Å². The van der Waals surface area contributed by atoms with Crippen LogP contribution in [0.4, 0.5) is 4.39 Å². The summed E-state index contributed by atoms with van der Waals surface area (Å²) in [5, 5.41) is 0. The van der Waals surface area contributed by atoms with Crippen molar-refractivity contribution in [3.8, 4) is 0 Å². The van der Waals surface area contributed by atoms with Crippen molar-refractivity contribution in [2.75, 3.05) is 0 Å². The molecule has 0 atom stereocenters. The molecule has 31 heavy (non-hydrogen) atoms. The Kier molecular flexibility index (Phi) is 5.26. The van der Waals surface area contributed by atoms with Crippen molar-refractivity contribution in [1.82, 2.24) is 15.0 Å². The largest absolute Gasteiger partial charge is 0.364 e. The third-order valence-corrected chi connectivity index (χ3v) is 6.88. The highest BCUT2D eigenvalue weighted by Crippen LogP contribution is 2.45. The molecule has 5 heteroatoms. The number of H-pyrrole nitrogens is 3. The highest BCUT2D eigenvalue weighted by Gasteiger charge is 2.37. The number of hydrogen-bond acceptors (Lipinski definition) is 1. The van der Waals surface area contributed by atoms with Gasteiger partial charge in [-0.15, -0.1) is 0 Å². The normalized spacial score (nSPS) is 16.0. The number of aryl methyl sites for hydroxylation is 2. The van der Waals surface area contributed by atoms with Crippen molar-refractivity contribution < 1.29 is 4.39 Å². The van der Waals surface area contributed by atoms with Crippen LogP contribution in [0.3, 0.4) is 0 Å². The monoisotopic (exact) mass is 417 g/mol. The van der Waals surface area contributed by atoms with E-state index in [0.717, 1.165) is 43.1 Å². The van der Waals surface area contributed by atoms with Gasteiger partial charge in [0.15, 0.2) is 0 Å². The third kappa shape index (κ3) is 3.97. The molecule has 0 radical (unpaired) electrons. The Morgan fingerprint density at radius 2 is 1.58 bits per heavy atom. The van der Waals surface area contributed by atoms with Crippen molar-refractivity contribution in [3.63, 3.8) is 0 Å². The van der Waals surface area contributed by atoms with Crippen molar-refractivity contribution in [2.24, 2.45) is 0 Å². The van der Waals surface area contributed by atoms with Crippen LogP contribution < -0.4 is 5.69 Å². The molecule has 3 N–H and O–H groups in total. The van der Waals surface area contributed by atoms with E-state index in [9.17, 15) is 9.18 Å². The maximum absolute atomic E-state index is 13.1. The Balaban J connectivity index is 1.38. The average Bonchev–Trinajstić information content (AvgIpc) is 3.41. The van der Waals surface area contributed by atoms with Gasteiger partial charge in [-0.2, -0.15) is 0 Å². The number of imidazole rings is 1. The highest BCUT2D eigenvalue weighted by atomic mass is 19.1. The predicted octanol–water partition coefficient (Wildman–Crippen LogP) is 5.75. The quantitative estimate of drug-likeness (QED) is 0.367. The first kappa shape index (κ1) is 19.9. The number of benzene rings is 2. The lowest BCUT2D eigenvalue weighted by atomic mass is 9.67. The van der Waals surface area contributed by atoms with E-state index in [1.807, 2.05) is 18.2 Å². The Bertz CT molecular complexity index is 1230. The Labute approximate surface area is 180 Å². The van der Waals surface area contributed by atoms with Gasteiger partial charge < -0.3 is 15.0 Å². The molecule has 160 valence electrons.